The van der Waals surface area contributed by atoms with Gasteiger partial charge in [-0.2, -0.15) is 0 Å². The second kappa shape index (κ2) is 8.57. The van der Waals surface area contributed by atoms with Gasteiger partial charge in [-0.05, 0) is 71.4 Å². The highest BCUT2D eigenvalue weighted by Gasteiger charge is 2.14. The van der Waals surface area contributed by atoms with Crippen LogP contribution in [0.3, 0.4) is 0 Å². The molecular formula is C25H22N2O3. The molecule has 4 aromatic carbocycles. The van der Waals surface area contributed by atoms with Crippen molar-refractivity contribution < 1.29 is 14.3 Å². The van der Waals surface area contributed by atoms with Gasteiger partial charge in [0, 0.05) is 17.1 Å². The van der Waals surface area contributed by atoms with Gasteiger partial charge in [0.15, 0.2) is 0 Å². The first-order valence-electron chi connectivity index (χ1n) is 9.55. The van der Waals surface area contributed by atoms with Crippen molar-refractivity contribution in [3.63, 3.8) is 0 Å². The molecular weight excluding hydrogens is 376 g/mol. The lowest BCUT2D eigenvalue weighted by Crippen LogP contribution is -2.13. The zero-order valence-electron chi connectivity index (χ0n) is 16.8. The van der Waals surface area contributed by atoms with Gasteiger partial charge < -0.3 is 20.1 Å². The summed E-state index contributed by atoms with van der Waals surface area (Å²) in [5.41, 5.74) is 3.07. The number of hydrogen-bond acceptors (Lipinski definition) is 4. The monoisotopic (exact) mass is 398 g/mol. The highest BCUT2D eigenvalue weighted by atomic mass is 16.5. The van der Waals surface area contributed by atoms with Crippen molar-refractivity contribution in [2.45, 2.75) is 0 Å². The topological polar surface area (TPSA) is 59.6 Å². The van der Waals surface area contributed by atoms with E-state index >= 15 is 0 Å². The summed E-state index contributed by atoms with van der Waals surface area (Å²) in [5, 5.41) is 8.27. The van der Waals surface area contributed by atoms with Gasteiger partial charge in [-0.15, -0.1) is 0 Å². The van der Waals surface area contributed by atoms with Crippen LogP contribution in [0.2, 0.25) is 0 Å². The van der Waals surface area contributed by atoms with Crippen LogP contribution >= 0.6 is 0 Å². The number of amides is 1. The van der Waals surface area contributed by atoms with E-state index in [1.807, 2.05) is 84.9 Å². The van der Waals surface area contributed by atoms with Gasteiger partial charge in [-0.1, -0.05) is 24.3 Å². The third-order valence-electron chi connectivity index (χ3n) is 4.83. The Balaban J connectivity index is 1.49. The van der Waals surface area contributed by atoms with Gasteiger partial charge in [0.2, 0.25) is 0 Å². The highest BCUT2D eigenvalue weighted by molar-refractivity contribution is 6.08. The molecule has 4 rings (SSSR count). The van der Waals surface area contributed by atoms with E-state index in [9.17, 15) is 4.79 Å². The predicted octanol–water partition coefficient (Wildman–Crippen LogP) is 5.85. The molecule has 2 N–H and O–H groups in total. The molecule has 0 fully saturated rings. The maximum absolute atomic E-state index is 12.9. The molecule has 5 nitrogen and oxygen atoms in total. The standard InChI is InChI=1S/C25H22N2O3/c1-29-22-13-11-20(12-14-22)26-19-7-9-21(10-8-19)27-25(28)23-15-17-5-3-4-6-18(17)16-24(23)30-2/h3-16,26H,1-2H3,(H,27,28). The van der Waals surface area contributed by atoms with Crippen LogP contribution in [-0.2, 0) is 0 Å². The van der Waals surface area contributed by atoms with E-state index in [2.05, 4.69) is 10.6 Å². The highest BCUT2D eigenvalue weighted by Crippen LogP contribution is 2.27. The lowest BCUT2D eigenvalue weighted by Gasteiger charge is -2.12. The number of hydrogen-bond donors (Lipinski definition) is 2. The van der Waals surface area contributed by atoms with Crippen LogP contribution in [0.1, 0.15) is 10.4 Å². The predicted molar refractivity (Wildman–Crippen MR) is 121 cm³/mol. The Morgan fingerprint density at radius 2 is 1.27 bits per heavy atom. The maximum atomic E-state index is 12.9. The first-order chi connectivity index (χ1) is 14.7. The van der Waals surface area contributed by atoms with Crippen LogP contribution in [0.25, 0.3) is 10.8 Å². The van der Waals surface area contributed by atoms with Crippen molar-refractivity contribution in [1.29, 1.82) is 0 Å². The van der Waals surface area contributed by atoms with E-state index in [1.54, 1.807) is 14.2 Å². The number of methoxy groups -OCH3 is 2. The molecule has 0 aliphatic carbocycles. The largest absolute Gasteiger partial charge is 0.497 e. The summed E-state index contributed by atoms with van der Waals surface area (Å²) >= 11 is 0. The lowest BCUT2D eigenvalue weighted by molar-refractivity contribution is 0.102. The van der Waals surface area contributed by atoms with E-state index in [4.69, 9.17) is 9.47 Å². The Morgan fingerprint density at radius 3 is 1.87 bits per heavy atom. The van der Waals surface area contributed by atoms with Gasteiger partial charge >= 0.3 is 0 Å². The molecule has 0 spiro atoms. The zero-order valence-corrected chi connectivity index (χ0v) is 16.8. The Bertz CT molecular complexity index is 1170. The van der Waals surface area contributed by atoms with E-state index in [-0.39, 0.29) is 5.91 Å². The van der Waals surface area contributed by atoms with Crippen molar-refractivity contribution >= 4 is 33.7 Å². The van der Waals surface area contributed by atoms with Gasteiger partial charge in [0.1, 0.15) is 11.5 Å². The van der Waals surface area contributed by atoms with E-state index in [0.717, 1.165) is 27.9 Å². The van der Waals surface area contributed by atoms with Crippen molar-refractivity contribution in [1.82, 2.24) is 0 Å². The van der Waals surface area contributed by atoms with Crippen LogP contribution in [0.5, 0.6) is 11.5 Å². The SMILES string of the molecule is COc1ccc(Nc2ccc(NC(=O)c3cc4ccccc4cc3OC)cc2)cc1. The molecule has 150 valence electrons. The molecule has 0 aliphatic heterocycles. The molecule has 0 aliphatic rings. The van der Waals surface area contributed by atoms with Crippen molar-refractivity contribution in [2.75, 3.05) is 24.9 Å². The number of carbonyl (C=O) groups is 1. The molecule has 0 saturated carbocycles. The average Bonchev–Trinajstić information content (AvgIpc) is 2.80. The molecule has 30 heavy (non-hydrogen) atoms. The molecule has 0 saturated heterocycles. The Kier molecular flexibility index (Phi) is 5.52. The minimum absolute atomic E-state index is 0.214. The van der Waals surface area contributed by atoms with Crippen LogP contribution in [-0.4, -0.2) is 20.1 Å². The number of anilines is 3. The molecule has 1 amide bonds. The Labute approximate surface area is 175 Å². The third-order valence-corrected chi connectivity index (χ3v) is 4.83. The summed E-state index contributed by atoms with van der Waals surface area (Å²) in [6.07, 6.45) is 0. The number of carbonyl (C=O) groups excluding carboxylic acids is 1. The van der Waals surface area contributed by atoms with Crippen molar-refractivity contribution in [3.05, 3.63) is 90.5 Å². The molecule has 4 aromatic rings. The third kappa shape index (κ3) is 4.20. The summed E-state index contributed by atoms with van der Waals surface area (Å²) in [4.78, 5) is 12.9. The molecule has 0 aromatic heterocycles. The maximum Gasteiger partial charge on any atom is 0.259 e. The molecule has 0 unspecified atom stereocenters. The molecule has 0 atom stereocenters. The Morgan fingerprint density at radius 1 is 0.700 bits per heavy atom. The van der Waals surface area contributed by atoms with Crippen LogP contribution < -0.4 is 20.1 Å². The summed E-state index contributed by atoms with van der Waals surface area (Å²) in [6.45, 7) is 0. The second-order valence-electron chi connectivity index (χ2n) is 6.78. The molecule has 0 radical (unpaired) electrons. The summed E-state index contributed by atoms with van der Waals surface area (Å²) in [5.74, 6) is 1.14. The molecule has 5 heteroatoms. The normalized spacial score (nSPS) is 10.5. The first-order valence-corrected chi connectivity index (χ1v) is 9.55. The summed E-state index contributed by atoms with van der Waals surface area (Å²) in [6, 6.07) is 26.8. The van der Waals surface area contributed by atoms with Gasteiger partial charge in [-0.3, -0.25) is 4.79 Å². The fraction of sp³-hybridized carbons (Fsp3) is 0.0800. The van der Waals surface area contributed by atoms with Gasteiger partial charge in [0.05, 0.1) is 19.8 Å². The number of fused-ring (bicyclic) bond motifs is 1. The molecule has 0 bridgehead atoms. The molecule has 0 heterocycles. The minimum Gasteiger partial charge on any atom is -0.497 e. The van der Waals surface area contributed by atoms with Gasteiger partial charge in [-0.25, -0.2) is 0 Å². The van der Waals surface area contributed by atoms with E-state index < -0.39 is 0 Å². The summed E-state index contributed by atoms with van der Waals surface area (Å²) in [7, 11) is 3.21. The average molecular weight is 398 g/mol. The zero-order chi connectivity index (χ0) is 20.9. The number of benzene rings is 4. The fourth-order valence-electron chi connectivity index (χ4n) is 3.24. The minimum atomic E-state index is -0.214. The van der Waals surface area contributed by atoms with Crippen LogP contribution in [0.4, 0.5) is 17.1 Å². The lowest BCUT2D eigenvalue weighted by atomic mass is 10.1. The Hall–Kier alpha value is -3.99. The quantitative estimate of drug-likeness (QED) is 0.427. The van der Waals surface area contributed by atoms with Crippen molar-refractivity contribution in [2.24, 2.45) is 0 Å². The van der Waals surface area contributed by atoms with Crippen molar-refractivity contribution in [3.8, 4) is 11.5 Å². The van der Waals surface area contributed by atoms with Gasteiger partial charge in [0.25, 0.3) is 5.91 Å². The fourth-order valence-corrected chi connectivity index (χ4v) is 3.24. The van der Waals surface area contributed by atoms with E-state index in [0.29, 0.717) is 17.0 Å². The smallest absolute Gasteiger partial charge is 0.259 e. The van der Waals surface area contributed by atoms with Crippen LogP contribution in [0, 0.1) is 0 Å². The summed E-state index contributed by atoms with van der Waals surface area (Å²) < 4.78 is 10.6. The number of nitrogens with one attached hydrogen (secondary N) is 2. The first kappa shape index (κ1) is 19.3. The number of rotatable bonds is 6. The number of ether oxygens (including phenoxy) is 2. The second-order valence-corrected chi connectivity index (χ2v) is 6.78. The van der Waals surface area contributed by atoms with E-state index in [1.165, 1.54) is 0 Å². The van der Waals surface area contributed by atoms with Crippen LogP contribution in [0.15, 0.2) is 84.9 Å².